The summed E-state index contributed by atoms with van der Waals surface area (Å²) in [5, 5.41) is 13.9. The number of hydrogen-bond acceptors (Lipinski definition) is 4. The summed E-state index contributed by atoms with van der Waals surface area (Å²) in [6.45, 7) is 2.90. The SMILES string of the molecule is CC1CC(Nc2cc(F)ccc2[N+](=O)[O-])CN1C. The zero-order valence-corrected chi connectivity index (χ0v) is 10.4. The van der Waals surface area contributed by atoms with Crippen molar-refractivity contribution in [3.05, 3.63) is 34.1 Å². The van der Waals surface area contributed by atoms with E-state index in [1.54, 1.807) is 0 Å². The van der Waals surface area contributed by atoms with Crippen LogP contribution in [0, 0.1) is 15.9 Å². The molecule has 2 unspecified atom stereocenters. The number of anilines is 1. The van der Waals surface area contributed by atoms with E-state index in [4.69, 9.17) is 0 Å². The molecule has 1 heterocycles. The molecule has 1 fully saturated rings. The van der Waals surface area contributed by atoms with E-state index in [2.05, 4.69) is 17.1 Å². The van der Waals surface area contributed by atoms with E-state index >= 15 is 0 Å². The van der Waals surface area contributed by atoms with Gasteiger partial charge in [-0.15, -0.1) is 0 Å². The number of nitrogens with one attached hydrogen (secondary N) is 1. The van der Waals surface area contributed by atoms with Gasteiger partial charge in [0.25, 0.3) is 5.69 Å². The predicted octanol–water partition coefficient (Wildman–Crippen LogP) is 2.24. The Kier molecular flexibility index (Phi) is 3.47. The van der Waals surface area contributed by atoms with Crippen molar-refractivity contribution in [1.29, 1.82) is 0 Å². The van der Waals surface area contributed by atoms with E-state index in [-0.39, 0.29) is 17.4 Å². The fourth-order valence-corrected chi connectivity index (χ4v) is 2.30. The van der Waals surface area contributed by atoms with E-state index in [9.17, 15) is 14.5 Å². The highest BCUT2D eigenvalue weighted by Gasteiger charge is 2.27. The normalized spacial score (nSPS) is 24.2. The number of likely N-dealkylation sites (N-methyl/N-ethyl adjacent to an activating group) is 1. The molecule has 0 saturated carbocycles. The Bertz CT molecular complexity index is 457. The van der Waals surface area contributed by atoms with Crippen molar-refractivity contribution in [2.75, 3.05) is 18.9 Å². The van der Waals surface area contributed by atoms with Crippen molar-refractivity contribution in [3.8, 4) is 0 Å². The molecule has 18 heavy (non-hydrogen) atoms. The van der Waals surface area contributed by atoms with Crippen molar-refractivity contribution in [3.63, 3.8) is 0 Å². The first kappa shape index (κ1) is 12.8. The van der Waals surface area contributed by atoms with Gasteiger partial charge >= 0.3 is 0 Å². The number of rotatable bonds is 3. The highest BCUT2D eigenvalue weighted by molar-refractivity contribution is 5.62. The standard InChI is InChI=1S/C12H16FN3O2/c1-8-5-10(7-15(8)2)14-11-6-9(13)3-4-12(11)16(17)18/h3-4,6,8,10,14H,5,7H2,1-2H3. The Hall–Kier alpha value is -1.69. The van der Waals surface area contributed by atoms with Gasteiger partial charge in [0.15, 0.2) is 0 Å². The molecule has 0 bridgehead atoms. The molecule has 1 saturated heterocycles. The summed E-state index contributed by atoms with van der Waals surface area (Å²) in [4.78, 5) is 12.5. The lowest BCUT2D eigenvalue weighted by Gasteiger charge is -2.14. The first-order valence-corrected chi connectivity index (χ1v) is 5.88. The second kappa shape index (κ2) is 4.89. The third kappa shape index (κ3) is 2.59. The molecule has 1 aliphatic rings. The molecule has 1 aromatic rings. The quantitative estimate of drug-likeness (QED) is 0.663. The second-order valence-corrected chi connectivity index (χ2v) is 4.78. The van der Waals surface area contributed by atoms with Gasteiger partial charge in [-0.3, -0.25) is 10.1 Å². The Morgan fingerprint density at radius 2 is 2.28 bits per heavy atom. The molecule has 98 valence electrons. The fourth-order valence-electron chi connectivity index (χ4n) is 2.30. The van der Waals surface area contributed by atoms with E-state index in [0.717, 1.165) is 19.0 Å². The fraction of sp³-hybridized carbons (Fsp3) is 0.500. The molecule has 1 N–H and O–H groups in total. The van der Waals surface area contributed by atoms with Crippen molar-refractivity contribution < 1.29 is 9.31 Å². The Morgan fingerprint density at radius 3 is 2.83 bits per heavy atom. The molecule has 0 aliphatic carbocycles. The average molecular weight is 253 g/mol. The average Bonchev–Trinajstić information content (AvgIpc) is 2.57. The molecule has 0 radical (unpaired) electrons. The molecule has 0 aromatic heterocycles. The minimum atomic E-state index is -0.496. The van der Waals surface area contributed by atoms with E-state index in [0.29, 0.717) is 6.04 Å². The summed E-state index contributed by atoms with van der Waals surface area (Å²) in [6, 6.07) is 4.02. The summed E-state index contributed by atoms with van der Waals surface area (Å²) in [5.41, 5.74) is 0.172. The highest BCUT2D eigenvalue weighted by Crippen LogP contribution is 2.28. The van der Waals surface area contributed by atoms with Gasteiger partial charge in [0, 0.05) is 30.8 Å². The number of nitrogens with zero attached hydrogens (tertiary/aromatic N) is 2. The third-order valence-electron chi connectivity index (χ3n) is 3.40. The van der Waals surface area contributed by atoms with Crippen molar-refractivity contribution in [2.45, 2.75) is 25.4 Å². The van der Waals surface area contributed by atoms with Gasteiger partial charge in [0.05, 0.1) is 4.92 Å². The van der Waals surface area contributed by atoms with Crippen LogP contribution < -0.4 is 5.32 Å². The van der Waals surface area contributed by atoms with Crippen LogP contribution in [-0.4, -0.2) is 35.5 Å². The van der Waals surface area contributed by atoms with Gasteiger partial charge in [-0.05, 0) is 26.5 Å². The third-order valence-corrected chi connectivity index (χ3v) is 3.40. The van der Waals surface area contributed by atoms with Crippen molar-refractivity contribution >= 4 is 11.4 Å². The summed E-state index contributed by atoms with van der Waals surface area (Å²) < 4.78 is 13.2. The second-order valence-electron chi connectivity index (χ2n) is 4.78. The van der Waals surface area contributed by atoms with Crippen LogP contribution in [0.15, 0.2) is 18.2 Å². The molecule has 1 aliphatic heterocycles. The molecule has 2 atom stereocenters. The van der Waals surface area contributed by atoms with Crippen molar-refractivity contribution in [1.82, 2.24) is 4.90 Å². The number of nitro benzene ring substituents is 1. The van der Waals surface area contributed by atoms with Gasteiger partial charge in [-0.1, -0.05) is 0 Å². The first-order valence-electron chi connectivity index (χ1n) is 5.88. The molecular weight excluding hydrogens is 237 g/mol. The molecule has 5 nitrogen and oxygen atoms in total. The molecular formula is C12H16FN3O2. The summed E-state index contributed by atoms with van der Waals surface area (Å²) in [5.74, 6) is -0.470. The lowest BCUT2D eigenvalue weighted by atomic mass is 10.1. The van der Waals surface area contributed by atoms with Gasteiger partial charge in [-0.2, -0.15) is 0 Å². The maximum Gasteiger partial charge on any atom is 0.292 e. The van der Waals surface area contributed by atoms with Crippen molar-refractivity contribution in [2.24, 2.45) is 0 Å². The van der Waals surface area contributed by atoms with E-state index in [1.807, 2.05) is 7.05 Å². The molecule has 1 aromatic carbocycles. The Labute approximate surface area is 105 Å². The van der Waals surface area contributed by atoms with Crippen LogP contribution in [0.25, 0.3) is 0 Å². The molecule has 6 heteroatoms. The molecule has 0 spiro atoms. The lowest BCUT2D eigenvalue weighted by Crippen LogP contribution is -2.25. The van der Waals surface area contributed by atoms with Crippen LogP contribution in [0.4, 0.5) is 15.8 Å². The zero-order valence-electron chi connectivity index (χ0n) is 10.4. The molecule has 2 rings (SSSR count). The number of halogens is 1. The lowest BCUT2D eigenvalue weighted by molar-refractivity contribution is -0.384. The van der Waals surface area contributed by atoms with Gasteiger partial charge in [0.2, 0.25) is 0 Å². The van der Waals surface area contributed by atoms with Crippen LogP contribution >= 0.6 is 0 Å². The smallest absolute Gasteiger partial charge is 0.292 e. The number of hydrogen-bond donors (Lipinski definition) is 1. The number of nitro groups is 1. The minimum absolute atomic E-state index is 0.0846. The first-order chi connectivity index (χ1) is 8.47. The van der Waals surface area contributed by atoms with Crippen LogP contribution in [0.3, 0.4) is 0 Å². The zero-order chi connectivity index (χ0) is 13.3. The Morgan fingerprint density at radius 1 is 1.56 bits per heavy atom. The maximum atomic E-state index is 13.2. The maximum absolute atomic E-state index is 13.2. The van der Waals surface area contributed by atoms with E-state index < -0.39 is 10.7 Å². The monoisotopic (exact) mass is 253 g/mol. The predicted molar refractivity (Wildman–Crippen MR) is 67.2 cm³/mol. The minimum Gasteiger partial charge on any atom is -0.375 e. The molecule has 0 amide bonds. The topological polar surface area (TPSA) is 58.4 Å². The highest BCUT2D eigenvalue weighted by atomic mass is 19.1. The number of likely N-dealkylation sites (tertiary alicyclic amines) is 1. The van der Waals surface area contributed by atoms with Gasteiger partial charge in [-0.25, -0.2) is 4.39 Å². The number of benzene rings is 1. The van der Waals surface area contributed by atoms with Gasteiger partial charge < -0.3 is 10.2 Å². The van der Waals surface area contributed by atoms with Gasteiger partial charge in [0.1, 0.15) is 11.5 Å². The summed E-state index contributed by atoms with van der Waals surface area (Å²) in [7, 11) is 2.01. The van der Waals surface area contributed by atoms with Crippen LogP contribution in [-0.2, 0) is 0 Å². The largest absolute Gasteiger partial charge is 0.375 e. The Balaban J connectivity index is 2.18. The van der Waals surface area contributed by atoms with Crippen LogP contribution in [0.2, 0.25) is 0 Å². The summed E-state index contributed by atoms with van der Waals surface area (Å²) in [6.07, 6.45) is 0.893. The van der Waals surface area contributed by atoms with Crippen LogP contribution in [0.1, 0.15) is 13.3 Å². The summed E-state index contributed by atoms with van der Waals surface area (Å²) >= 11 is 0. The van der Waals surface area contributed by atoms with Crippen LogP contribution in [0.5, 0.6) is 0 Å². The van der Waals surface area contributed by atoms with E-state index in [1.165, 1.54) is 12.1 Å².